The Morgan fingerprint density at radius 3 is 2.69 bits per heavy atom. The maximum Gasteiger partial charge on any atom is 0.226 e. The van der Waals surface area contributed by atoms with E-state index in [1.54, 1.807) is 0 Å². The molecular weight excluding hydrogens is 164 g/mol. The summed E-state index contributed by atoms with van der Waals surface area (Å²) in [7, 11) is 1.89. The van der Waals surface area contributed by atoms with Crippen molar-refractivity contribution < 1.29 is 4.79 Å². The average molecular weight is 184 g/mol. The summed E-state index contributed by atoms with van der Waals surface area (Å²) in [4.78, 5) is 13.7. The lowest BCUT2D eigenvalue weighted by atomic mass is 9.98. The quantitative estimate of drug-likeness (QED) is 0.690. The van der Waals surface area contributed by atoms with Crippen molar-refractivity contribution in [2.45, 2.75) is 32.7 Å². The van der Waals surface area contributed by atoms with Crippen molar-refractivity contribution in [2.75, 3.05) is 20.1 Å². The molecule has 0 radical (unpaired) electrons. The average Bonchev–Trinajstić information content (AvgIpc) is 2.17. The Kier molecular flexibility index (Phi) is 3.72. The second-order valence-corrected chi connectivity index (χ2v) is 4.09. The molecule has 0 aromatic heterocycles. The Labute approximate surface area is 80.5 Å². The number of amides is 1. The van der Waals surface area contributed by atoms with E-state index in [4.69, 9.17) is 0 Å². The number of nitrogens with one attached hydrogen (secondary N) is 1. The van der Waals surface area contributed by atoms with Crippen molar-refractivity contribution in [3.8, 4) is 0 Å². The van der Waals surface area contributed by atoms with Crippen LogP contribution in [0.15, 0.2) is 0 Å². The van der Waals surface area contributed by atoms with Crippen molar-refractivity contribution in [1.82, 2.24) is 10.2 Å². The van der Waals surface area contributed by atoms with Crippen LogP contribution in [0.25, 0.3) is 0 Å². The van der Waals surface area contributed by atoms with Gasteiger partial charge < -0.3 is 10.2 Å². The first kappa shape index (κ1) is 10.5. The molecule has 1 N–H and O–H groups in total. The van der Waals surface area contributed by atoms with Crippen LogP contribution in [0.3, 0.4) is 0 Å². The normalized spacial score (nSPS) is 23.2. The second kappa shape index (κ2) is 4.61. The van der Waals surface area contributed by atoms with Gasteiger partial charge >= 0.3 is 0 Å². The molecular formula is C10H20N2O. The fourth-order valence-electron chi connectivity index (χ4n) is 1.61. The van der Waals surface area contributed by atoms with Gasteiger partial charge in [0.1, 0.15) is 0 Å². The predicted octanol–water partition coefficient (Wildman–Crippen LogP) is 0.853. The Bertz CT molecular complexity index is 174. The lowest BCUT2D eigenvalue weighted by molar-refractivity contribution is -0.136. The van der Waals surface area contributed by atoms with E-state index in [-0.39, 0.29) is 5.92 Å². The van der Waals surface area contributed by atoms with Crippen LogP contribution in [0.1, 0.15) is 26.7 Å². The zero-order chi connectivity index (χ0) is 9.84. The van der Waals surface area contributed by atoms with Crippen LogP contribution in [0.4, 0.5) is 0 Å². The number of hydrogen-bond acceptors (Lipinski definition) is 2. The maximum atomic E-state index is 11.8. The molecule has 0 aliphatic carbocycles. The van der Waals surface area contributed by atoms with Crippen LogP contribution in [0, 0.1) is 5.92 Å². The largest absolute Gasteiger partial charge is 0.343 e. The molecule has 0 aromatic rings. The molecule has 0 spiro atoms. The number of carbonyl (C=O) groups excluding carboxylic acids is 1. The first-order chi connectivity index (χ1) is 6.13. The molecule has 1 aliphatic heterocycles. The Hall–Kier alpha value is -0.570. The minimum atomic E-state index is 0.209. The van der Waals surface area contributed by atoms with Gasteiger partial charge in [-0.25, -0.2) is 0 Å². The van der Waals surface area contributed by atoms with Gasteiger partial charge in [-0.05, 0) is 33.2 Å². The zero-order valence-electron chi connectivity index (χ0n) is 8.84. The van der Waals surface area contributed by atoms with Crippen molar-refractivity contribution in [1.29, 1.82) is 0 Å². The molecule has 1 saturated heterocycles. The van der Waals surface area contributed by atoms with Gasteiger partial charge in [0.05, 0.1) is 5.92 Å². The summed E-state index contributed by atoms with van der Waals surface area (Å²) in [6.07, 6.45) is 2.17. The maximum absolute atomic E-state index is 11.8. The minimum Gasteiger partial charge on any atom is -0.343 e. The molecule has 1 heterocycles. The van der Waals surface area contributed by atoms with Crippen LogP contribution in [-0.4, -0.2) is 37.0 Å². The van der Waals surface area contributed by atoms with Gasteiger partial charge in [0.15, 0.2) is 0 Å². The molecule has 1 amide bonds. The third kappa shape index (κ3) is 2.69. The molecule has 76 valence electrons. The number of rotatable bonds is 2. The first-order valence-electron chi connectivity index (χ1n) is 5.10. The van der Waals surface area contributed by atoms with Crippen LogP contribution < -0.4 is 5.32 Å². The molecule has 1 rings (SSSR count). The predicted molar refractivity (Wildman–Crippen MR) is 53.5 cm³/mol. The van der Waals surface area contributed by atoms with Crippen LogP contribution in [0.2, 0.25) is 0 Å². The monoisotopic (exact) mass is 184 g/mol. The topological polar surface area (TPSA) is 32.3 Å². The van der Waals surface area contributed by atoms with Gasteiger partial charge in [-0.1, -0.05) is 0 Å². The SMILES string of the molecule is CC(C)N(C)C(=O)[C@H]1CCCNC1. The van der Waals surface area contributed by atoms with E-state index in [1.807, 2.05) is 25.8 Å². The molecule has 1 aliphatic rings. The molecule has 0 unspecified atom stereocenters. The van der Waals surface area contributed by atoms with Gasteiger partial charge in [0.2, 0.25) is 5.91 Å². The minimum absolute atomic E-state index is 0.209. The second-order valence-electron chi connectivity index (χ2n) is 4.09. The molecule has 0 aromatic carbocycles. The molecule has 0 saturated carbocycles. The highest BCUT2D eigenvalue weighted by atomic mass is 16.2. The molecule has 3 heteroatoms. The summed E-state index contributed by atoms with van der Waals surface area (Å²) in [5, 5.41) is 3.26. The van der Waals surface area contributed by atoms with E-state index >= 15 is 0 Å². The number of carbonyl (C=O) groups is 1. The van der Waals surface area contributed by atoms with Gasteiger partial charge in [0.25, 0.3) is 0 Å². The Morgan fingerprint density at radius 2 is 2.23 bits per heavy atom. The molecule has 1 fully saturated rings. The number of hydrogen-bond donors (Lipinski definition) is 1. The fourth-order valence-corrected chi connectivity index (χ4v) is 1.61. The highest BCUT2D eigenvalue weighted by molar-refractivity contribution is 5.79. The van der Waals surface area contributed by atoms with Gasteiger partial charge in [-0.15, -0.1) is 0 Å². The zero-order valence-corrected chi connectivity index (χ0v) is 8.84. The molecule has 1 atom stereocenters. The van der Waals surface area contributed by atoms with E-state index in [2.05, 4.69) is 5.32 Å². The smallest absolute Gasteiger partial charge is 0.226 e. The summed E-state index contributed by atoms with van der Waals surface area (Å²) in [5.41, 5.74) is 0. The van der Waals surface area contributed by atoms with E-state index in [1.165, 1.54) is 0 Å². The Morgan fingerprint density at radius 1 is 1.54 bits per heavy atom. The number of piperidine rings is 1. The third-order valence-corrected chi connectivity index (χ3v) is 2.77. The standard InChI is InChI=1S/C10H20N2O/c1-8(2)12(3)10(13)9-5-4-6-11-7-9/h8-9,11H,4-7H2,1-3H3/t9-/m0/s1. The van der Waals surface area contributed by atoms with Crippen LogP contribution in [-0.2, 0) is 4.79 Å². The Balaban J connectivity index is 2.45. The summed E-state index contributed by atoms with van der Waals surface area (Å²) in [6, 6.07) is 0.314. The van der Waals surface area contributed by atoms with Crippen molar-refractivity contribution in [3.05, 3.63) is 0 Å². The lowest BCUT2D eigenvalue weighted by Gasteiger charge is -2.29. The molecule has 0 bridgehead atoms. The van der Waals surface area contributed by atoms with Crippen LogP contribution >= 0.6 is 0 Å². The van der Waals surface area contributed by atoms with E-state index < -0.39 is 0 Å². The van der Waals surface area contributed by atoms with Gasteiger partial charge in [-0.2, -0.15) is 0 Å². The fraction of sp³-hybridized carbons (Fsp3) is 0.900. The number of nitrogens with zero attached hydrogens (tertiary/aromatic N) is 1. The lowest BCUT2D eigenvalue weighted by Crippen LogP contribution is -2.43. The summed E-state index contributed by atoms with van der Waals surface area (Å²) in [6.45, 7) is 6.02. The van der Waals surface area contributed by atoms with E-state index in [0.29, 0.717) is 11.9 Å². The van der Waals surface area contributed by atoms with Crippen molar-refractivity contribution in [3.63, 3.8) is 0 Å². The third-order valence-electron chi connectivity index (χ3n) is 2.77. The first-order valence-corrected chi connectivity index (χ1v) is 5.10. The van der Waals surface area contributed by atoms with E-state index in [9.17, 15) is 4.79 Å². The summed E-state index contributed by atoms with van der Waals surface area (Å²) in [5.74, 6) is 0.503. The van der Waals surface area contributed by atoms with E-state index in [0.717, 1.165) is 25.9 Å². The van der Waals surface area contributed by atoms with Gasteiger partial charge in [0, 0.05) is 19.6 Å². The summed E-state index contributed by atoms with van der Waals surface area (Å²) < 4.78 is 0. The molecule has 13 heavy (non-hydrogen) atoms. The highest BCUT2D eigenvalue weighted by Gasteiger charge is 2.24. The summed E-state index contributed by atoms with van der Waals surface area (Å²) >= 11 is 0. The van der Waals surface area contributed by atoms with Crippen molar-refractivity contribution >= 4 is 5.91 Å². The van der Waals surface area contributed by atoms with Gasteiger partial charge in [-0.3, -0.25) is 4.79 Å². The molecule has 3 nitrogen and oxygen atoms in total. The highest BCUT2D eigenvalue weighted by Crippen LogP contribution is 2.13. The van der Waals surface area contributed by atoms with Crippen LogP contribution in [0.5, 0.6) is 0 Å². The van der Waals surface area contributed by atoms with Crippen molar-refractivity contribution in [2.24, 2.45) is 5.92 Å².